The number of furan rings is 1. The summed E-state index contributed by atoms with van der Waals surface area (Å²) in [5.41, 5.74) is 7.02. The van der Waals surface area contributed by atoms with Crippen molar-refractivity contribution in [3.63, 3.8) is 0 Å². The zero-order valence-electron chi connectivity index (χ0n) is 12.8. The largest absolute Gasteiger partial charge is 0.467 e. The highest BCUT2D eigenvalue weighted by atomic mass is 35.5. The van der Waals surface area contributed by atoms with E-state index in [1.165, 1.54) is 6.26 Å². The summed E-state index contributed by atoms with van der Waals surface area (Å²) in [6.45, 7) is 4.53. The van der Waals surface area contributed by atoms with Crippen molar-refractivity contribution in [2.24, 2.45) is 11.7 Å². The number of carbonyl (C=O) groups is 1. The minimum Gasteiger partial charge on any atom is -0.467 e. The second-order valence-corrected chi connectivity index (χ2v) is 6.15. The molecule has 2 rings (SSSR count). The predicted octanol–water partition coefficient (Wildman–Crippen LogP) is 3.91. The minimum absolute atomic E-state index is 0.0685. The van der Waals surface area contributed by atoms with Gasteiger partial charge in [0.15, 0.2) is 0 Å². The summed E-state index contributed by atoms with van der Waals surface area (Å²) in [5, 5.41) is 3.74. The van der Waals surface area contributed by atoms with Gasteiger partial charge >= 0.3 is 0 Å². The molecule has 0 bridgehead atoms. The lowest BCUT2D eigenvalue weighted by atomic mass is 9.97. The summed E-state index contributed by atoms with van der Waals surface area (Å²) in [4.78, 5) is 12.4. The molecule has 5 heteroatoms. The maximum Gasteiger partial charge on any atom is 0.255 e. The molecule has 3 N–H and O–H groups in total. The summed E-state index contributed by atoms with van der Waals surface area (Å²) in [7, 11) is 0. The molecule has 118 valence electrons. The van der Waals surface area contributed by atoms with E-state index in [1.807, 2.05) is 24.3 Å². The number of hydrogen-bond donors (Lipinski definition) is 2. The standard InChI is InChI=1S/C17H21ClN2O2/c1-11(2)7-16(12-3-5-14(18)6-4-12)20-17(21)13-8-15(9-19)22-10-13/h3-6,8,10-11,16H,7,9,19H2,1-2H3,(H,20,21). The quantitative estimate of drug-likeness (QED) is 0.848. The third-order valence-electron chi connectivity index (χ3n) is 3.40. The maximum atomic E-state index is 12.4. The van der Waals surface area contributed by atoms with E-state index in [-0.39, 0.29) is 18.5 Å². The first-order valence-corrected chi connectivity index (χ1v) is 7.71. The molecule has 1 amide bonds. The molecule has 0 aliphatic heterocycles. The van der Waals surface area contributed by atoms with Crippen LogP contribution >= 0.6 is 11.6 Å². The van der Waals surface area contributed by atoms with E-state index < -0.39 is 0 Å². The minimum atomic E-state index is -0.163. The molecule has 4 nitrogen and oxygen atoms in total. The number of amides is 1. The number of carbonyl (C=O) groups excluding carboxylic acids is 1. The Bertz CT molecular complexity index is 620. The Morgan fingerprint density at radius 1 is 1.32 bits per heavy atom. The molecule has 0 fully saturated rings. The first-order valence-electron chi connectivity index (χ1n) is 7.33. The van der Waals surface area contributed by atoms with Crippen LogP contribution in [0.5, 0.6) is 0 Å². The smallest absolute Gasteiger partial charge is 0.255 e. The van der Waals surface area contributed by atoms with E-state index in [2.05, 4.69) is 19.2 Å². The van der Waals surface area contributed by atoms with Crippen molar-refractivity contribution in [2.75, 3.05) is 0 Å². The summed E-state index contributed by atoms with van der Waals surface area (Å²) in [5.74, 6) is 0.881. The SMILES string of the molecule is CC(C)CC(NC(=O)c1coc(CN)c1)c1ccc(Cl)cc1. The summed E-state index contributed by atoms with van der Waals surface area (Å²) < 4.78 is 5.22. The molecular weight excluding hydrogens is 300 g/mol. The number of nitrogens with one attached hydrogen (secondary N) is 1. The molecule has 0 saturated carbocycles. The van der Waals surface area contributed by atoms with Crippen molar-refractivity contribution in [3.8, 4) is 0 Å². The topological polar surface area (TPSA) is 68.3 Å². The lowest BCUT2D eigenvalue weighted by Gasteiger charge is -2.21. The van der Waals surface area contributed by atoms with Crippen LogP contribution in [0.1, 0.15) is 48.0 Å². The summed E-state index contributed by atoms with van der Waals surface area (Å²) in [6.07, 6.45) is 2.28. The second-order valence-electron chi connectivity index (χ2n) is 5.71. The van der Waals surface area contributed by atoms with E-state index in [0.29, 0.717) is 22.3 Å². The van der Waals surface area contributed by atoms with Crippen LogP contribution in [0.25, 0.3) is 0 Å². The number of benzene rings is 1. The molecule has 0 aliphatic rings. The molecule has 1 aromatic carbocycles. The second kappa shape index (κ2) is 7.47. The van der Waals surface area contributed by atoms with Crippen molar-refractivity contribution >= 4 is 17.5 Å². The van der Waals surface area contributed by atoms with Gasteiger partial charge in [-0.25, -0.2) is 0 Å². The molecule has 22 heavy (non-hydrogen) atoms. The zero-order chi connectivity index (χ0) is 16.1. The normalized spacial score (nSPS) is 12.4. The third kappa shape index (κ3) is 4.36. The van der Waals surface area contributed by atoms with Gasteiger partial charge in [-0.3, -0.25) is 4.79 Å². The van der Waals surface area contributed by atoms with Crippen LogP contribution in [0.3, 0.4) is 0 Å². The average molecular weight is 321 g/mol. The van der Waals surface area contributed by atoms with Gasteiger partial charge in [0, 0.05) is 5.02 Å². The molecule has 2 aromatic rings. The van der Waals surface area contributed by atoms with Crippen LogP contribution in [-0.4, -0.2) is 5.91 Å². The van der Waals surface area contributed by atoms with E-state index in [1.54, 1.807) is 6.07 Å². The highest BCUT2D eigenvalue weighted by Crippen LogP contribution is 2.23. The van der Waals surface area contributed by atoms with Gasteiger partial charge in [0.2, 0.25) is 0 Å². The molecular formula is C17H21ClN2O2. The average Bonchev–Trinajstić information content (AvgIpc) is 2.96. The van der Waals surface area contributed by atoms with Gasteiger partial charge in [0.1, 0.15) is 12.0 Å². The van der Waals surface area contributed by atoms with E-state index >= 15 is 0 Å². The van der Waals surface area contributed by atoms with Crippen molar-refractivity contribution in [1.82, 2.24) is 5.32 Å². The number of nitrogens with two attached hydrogens (primary N) is 1. The summed E-state index contributed by atoms with van der Waals surface area (Å²) in [6, 6.07) is 9.15. The Labute approximate surface area is 135 Å². The Kier molecular flexibility index (Phi) is 5.63. The van der Waals surface area contributed by atoms with Gasteiger partial charge in [0.25, 0.3) is 5.91 Å². The highest BCUT2D eigenvalue weighted by molar-refractivity contribution is 6.30. The Morgan fingerprint density at radius 2 is 2.00 bits per heavy atom. The Hall–Kier alpha value is -1.78. The van der Waals surface area contributed by atoms with Gasteiger partial charge in [0.05, 0.1) is 18.2 Å². The molecule has 1 heterocycles. The number of rotatable bonds is 6. The first-order chi connectivity index (χ1) is 10.5. The molecule has 1 unspecified atom stereocenters. The molecule has 1 aromatic heterocycles. The lowest BCUT2D eigenvalue weighted by Crippen LogP contribution is -2.29. The van der Waals surface area contributed by atoms with Crippen LogP contribution in [0, 0.1) is 5.92 Å². The van der Waals surface area contributed by atoms with Crippen LogP contribution in [0.2, 0.25) is 5.02 Å². The highest BCUT2D eigenvalue weighted by Gasteiger charge is 2.18. The zero-order valence-corrected chi connectivity index (χ0v) is 13.6. The lowest BCUT2D eigenvalue weighted by molar-refractivity contribution is 0.0931. The molecule has 0 saturated heterocycles. The van der Waals surface area contributed by atoms with Crippen LogP contribution in [0.4, 0.5) is 0 Å². The van der Waals surface area contributed by atoms with Gasteiger partial charge in [-0.15, -0.1) is 0 Å². The first kappa shape index (κ1) is 16.6. The molecule has 0 radical (unpaired) electrons. The Balaban J connectivity index is 2.15. The molecule has 1 atom stereocenters. The van der Waals surface area contributed by atoms with Gasteiger partial charge in [-0.05, 0) is 36.1 Å². The summed E-state index contributed by atoms with van der Waals surface area (Å²) >= 11 is 5.93. The van der Waals surface area contributed by atoms with Crippen LogP contribution in [0.15, 0.2) is 41.0 Å². The molecule has 0 spiro atoms. The van der Waals surface area contributed by atoms with E-state index in [9.17, 15) is 4.79 Å². The van der Waals surface area contributed by atoms with Gasteiger partial charge in [-0.2, -0.15) is 0 Å². The van der Waals surface area contributed by atoms with E-state index in [4.69, 9.17) is 21.8 Å². The van der Waals surface area contributed by atoms with Crippen molar-refractivity contribution in [3.05, 3.63) is 58.5 Å². The fraction of sp³-hybridized carbons (Fsp3) is 0.353. The maximum absolute atomic E-state index is 12.4. The van der Waals surface area contributed by atoms with Crippen LogP contribution < -0.4 is 11.1 Å². The predicted molar refractivity (Wildman–Crippen MR) is 87.7 cm³/mol. The van der Waals surface area contributed by atoms with E-state index in [0.717, 1.165) is 12.0 Å². The number of hydrogen-bond acceptors (Lipinski definition) is 3. The van der Waals surface area contributed by atoms with Gasteiger partial charge < -0.3 is 15.5 Å². The third-order valence-corrected chi connectivity index (χ3v) is 3.65. The Morgan fingerprint density at radius 3 is 2.55 bits per heavy atom. The monoisotopic (exact) mass is 320 g/mol. The van der Waals surface area contributed by atoms with Gasteiger partial charge in [-0.1, -0.05) is 37.6 Å². The molecule has 0 aliphatic carbocycles. The van der Waals surface area contributed by atoms with Crippen molar-refractivity contribution < 1.29 is 9.21 Å². The fourth-order valence-electron chi connectivity index (χ4n) is 2.29. The van der Waals surface area contributed by atoms with Crippen LogP contribution in [-0.2, 0) is 6.54 Å². The van der Waals surface area contributed by atoms with Crippen molar-refractivity contribution in [1.29, 1.82) is 0 Å². The fourth-order valence-corrected chi connectivity index (χ4v) is 2.42. The number of halogens is 1. The van der Waals surface area contributed by atoms with Crippen molar-refractivity contribution in [2.45, 2.75) is 32.9 Å².